The number of nitrogens with one attached hydrogen (secondary N) is 2. The van der Waals surface area contributed by atoms with Gasteiger partial charge in [0.2, 0.25) is 0 Å². The smallest absolute Gasteiger partial charge is 0.147 e. The highest BCUT2D eigenvalue weighted by molar-refractivity contribution is 6.38. The van der Waals surface area contributed by atoms with E-state index in [0.29, 0.717) is 53.6 Å². The number of H-pyrrole nitrogens is 1. The van der Waals surface area contributed by atoms with Crippen LogP contribution in [-0.2, 0) is 32.7 Å². The predicted octanol–water partition coefficient (Wildman–Crippen LogP) is 12.3. The molecule has 0 aliphatic carbocycles. The van der Waals surface area contributed by atoms with Crippen LogP contribution in [0.25, 0.3) is 0 Å². The largest absolute Gasteiger partial charge is 0.372 e. The van der Waals surface area contributed by atoms with Crippen molar-refractivity contribution < 1.29 is 0 Å². The van der Waals surface area contributed by atoms with E-state index in [1.54, 1.807) is 31.8 Å². The maximum atomic E-state index is 6.48. The number of aromatic amines is 1. The second-order valence-corrected chi connectivity index (χ2v) is 37.9. The molecule has 10 aromatic rings. The van der Waals surface area contributed by atoms with E-state index in [2.05, 4.69) is 139 Å². The molecule has 0 atom stereocenters. The standard InChI is InChI=1S/C19H24ClN7.C19H23ClN6.C19H22ClN5.C18H21ClN6.C17H23N7/c1-19(11-21)4-7-27(8-5-19)14-10-25-17-13(26-14)9-24-16(17)12-3-6-23-18(22-2)15(12)20;1-12-16(20)13(3-6-22-12)17-18-14(9-23-17)25-15(10-24-18)26-7-4-19(2,11-21)5-8-26;1-12-4-3-5-13(16(12)20)17-18-14(10-22-17)24-15(11-23-18)25-8-6-19(2,21)7-9-25;1-11-15(19)12(3-6-21-11)16-17-13(9-22-16)24-14(10-23-17)25-7-4-18(2,20)5-8-25;1-11-12(7-21-23-11)15-16-13(8-19-15)22-14(9-20-16)24-5-3-17(2,10-18)4-6-24/h3,6,10H,4-5,7-9,11,21H2,1-2H3,(H,22,23);3,6,10H,4-5,7-9,11,21H2,1-2H3;3-5,11H,6-10,21H2,1-2H3;3,6,10H,4-5,7-9,20H2,1-2H3;7,9H,3-6,8,10,18H2,1-2H3,(H,21,23). The Morgan fingerprint density at radius 3 is 0.929 bits per heavy atom. The molecule has 10 aliphatic rings. The van der Waals surface area contributed by atoms with Gasteiger partial charge in [0.05, 0.1) is 158 Å². The van der Waals surface area contributed by atoms with E-state index in [1.807, 2.05) is 95.1 Å². The van der Waals surface area contributed by atoms with E-state index >= 15 is 0 Å². The lowest BCUT2D eigenvalue weighted by Crippen LogP contribution is -2.48. The minimum absolute atomic E-state index is 0.0706. The van der Waals surface area contributed by atoms with Crippen molar-refractivity contribution in [3.8, 4) is 0 Å². The Labute approximate surface area is 761 Å². The van der Waals surface area contributed by atoms with Crippen molar-refractivity contribution >= 4 is 110 Å². The minimum atomic E-state index is -0.0765. The number of halogens is 4. The minimum Gasteiger partial charge on any atom is -0.372 e. The monoisotopic (exact) mass is 1790 g/mol. The average Bonchev–Trinajstić information content (AvgIpc) is 1.67. The number of hydrogen-bond acceptors (Lipinski definition) is 30. The first-order chi connectivity index (χ1) is 61.0. The molecule has 0 spiro atoms. The molecular formula is C92H113Cl4N31. The first kappa shape index (κ1) is 89.8. The molecule has 0 saturated carbocycles. The highest BCUT2D eigenvalue weighted by Gasteiger charge is 2.38. The Hall–Kier alpha value is -10.6. The van der Waals surface area contributed by atoms with Gasteiger partial charge in [-0.05, 0) is 165 Å². The quantitative estimate of drug-likeness (QED) is 0.0531. The van der Waals surface area contributed by atoms with Gasteiger partial charge in [0.25, 0.3) is 0 Å². The molecule has 9 aromatic heterocycles. The van der Waals surface area contributed by atoms with Crippen LogP contribution in [-0.4, -0.2) is 207 Å². The van der Waals surface area contributed by atoms with Gasteiger partial charge in [-0.1, -0.05) is 85.4 Å². The molecule has 20 rings (SSSR count). The third-order valence-electron chi connectivity index (χ3n) is 26.6. The highest BCUT2D eigenvalue weighted by Crippen LogP contribution is 2.40. The van der Waals surface area contributed by atoms with Gasteiger partial charge >= 0.3 is 0 Å². The number of nitrogens with zero attached hydrogens (tertiary/aromatic N) is 24. The van der Waals surface area contributed by atoms with Crippen LogP contribution in [0.15, 0.2) is 117 Å². The number of aromatic nitrogens is 15. The van der Waals surface area contributed by atoms with Crippen LogP contribution >= 0.6 is 46.4 Å². The van der Waals surface area contributed by atoms with Crippen LogP contribution < -0.4 is 58.5 Å². The zero-order valence-corrected chi connectivity index (χ0v) is 77.1. The Bertz CT molecular complexity index is 5750. The maximum Gasteiger partial charge on any atom is 0.147 e. The van der Waals surface area contributed by atoms with Gasteiger partial charge in [-0.15, -0.1) is 0 Å². The van der Waals surface area contributed by atoms with Crippen LogP contribution in [0.1, 0.15) is 206 Å². The van der Waals surface area contributed by atoms with Gasteiger partial charge in [-0.3, -0.25) is 40.0 Å². The molecule has 0 bridgehead atoms. The summed E-state index contributed by atoms with van der Waals surface area (Å²) in [6.45, 7) is 33.2. The fourth-order valence-corrected chi connectivity index (χ4v) is 18.1. The third-order valence-corrected chi connectivity index (χ3v) is 28.4. The van der Waals surface area contributed by atoms with E-state index in [4.69, 9.17) is 100.0 Å². The van der Waals surface area contributed by atoms with Gasteiger partial charge in [0.1, 0.15) is 63.4 Å². The summed E-state index contributed by atoms with van der Waals surface area (Å²) in [5.74, 6) is 5.25. The van der Waals surface area contributed by atoms with Crippen molar-refractivity contribution in [1.29, 1.82) is 0 Å². The van der Waals surface area contributed by atoms with Crippen molar-refractivity contribution in [2.24, 2.45) is 69.9 Å². The van der Waals surface area contributed by atoms with Crippen LogP contribution in [0.4, 0.5) is 34.9 Å². The highest BCUT2D eigenvalue weighted by atomic mass is 35.5. The van der Waals surface area contributed by atoms with Crippen LogP contribution in [0, 0.1) is 43.9 Å². The lowest BCUT2D eigenvalue weighted by Gasteiger charge is -2.39. The molecule has 5 fully saturated rings. The summed E-state index contributed by atoms with van der Waals surface area (Å²) < 4.78 is 0. The number of aliphatic imine (C=N–C) groups is 5. The Morgan fingerprint density at radius 2 is 0.638 bits per heavy atom. The van der Waals surface area contributed by atoms with E-state index in [0.717, 1.165) is 319 Å². The predicted molar refractivity (Wildman–Crippen MR) is 507 cm³/mol. The molecule has 1 aromatic carbocycles. The van der Waals surface area contributed by atoms with Crippen molar-refractivity contribution in [3.63, 3.8) is 0 Å². The first-order valence-electron chi connectivity index (χ1n) is 43.8. The number of piperidine rings is 5. The summed E-state index contributed by atoms with van der Waals surface area (Å²) in [4.78, 5) is 94.8. The summed E-state index contributed by atoms with van der Waals surface area (Å²) in [6, 6.07) is 11.6. The van der Waals surface area contributed by atoms with Crippen molar-refractivity contribution in [2.45, 2.75) is 170 Å². The Balaban J connectivity index is 0.000000117. The number of rotatable bonds is 14. The molecule has 10 aliphatic heterocycles. The number of fused-ring (bicyclic) bond motifs is 5. The number of benzene rings is 1. The summed E-state index contributed by atoms with van der Waals surface area (Å²) in [7, 11) is 1.79. The fourth-order valence-electron chi connectivity index (χ4n) is 17.2. The molecule has 664 valence electrons. The average molecular weight is 1790 g/mol. The van der Waals surface area contributed by atoms with E-state index in [-0.39, 0.29) is 27.3 Å². The molecule has 0 radical (unpaired) electrons. The van der Waals surface area contributed by atoms with Crippen molar-refractivity contribution in [2.75, 3.05) is 122 Å². The molecule has 19 heterocycles. The molecule has 5 saturated heterocycles. The number of aryl methyl sites for hydroxylation is 4. The van der Waals surface area contributed by atoms with Crippen LogP contribution in [0.3, 0.4) is 0 Å². The molecule has 127 heavy (non-hydrogen) atoms. The molecule has 35 heteroatoms. The maximum absolute atomic E-state index is 6.48. The van der Waals surface area contributed by atoms with Gasteiger partial charge in [-0.25, -0.2) is 54.8 Å². The lowest BCUT2D eigenvalue weighted by atomic mass is 9.80. The second-order valence-electron chi connectivity index (χ2n) is 36.4. The number of hydrogen-bond donors (Lipinski definition) is 7. The molecule has 0 amide bonds. The SMILES string of the molecule is CNc1nccc(C2=NCc3nc(N4CCC(C)(CN)CC4)cnc32)c1Cl.Cc1[nH]ncc1C1=NCc2nc(N3CCC(C)(CN)CC3)cnc21.Cc1cccc(C2=NCc3nc(N4CCC(C)(N)CC4)cnc32)c1Cl.Cc1nccc(C2=NCc3nc(N4CCC(C)(CN)CC4)cnc32)c1Cl.Cc1nccc(C2=NCc3nc(N4CCC(C)(N)CC4)cnc32)c1Cl. The summed E-state index contributed by atoms with van der Waals surface area (Å²) in [5.41, 5.74) is 51.8. The second kappa shape index (κ2) is 37.6. The lowest BCUT2D eigenvalue weighted by molar-refractivity contribution is 0.257. The third kappa shape index (κ3) is 19.4. The number of nitrogens with two attached hydrogens (primary N) is 5. The van der Waals surface area contributed by atoms with Crippen molar-refractivity contribution in [1.82, 2.24) is 75.0 Å². The van der Waals surface area contributed by atoms with Crippen molar-refractivity contribution in [3.05, 3.63) is 220 Å². The molecule has 12 N–H and O–H groups in total. The fraction of sp³-hybridized carbons (Fsp3) is 0.467. The Kier molecular flexibility index (Phi) is 26.6. The summed E-state index contributed by atoms with van der Waals surface area (Å²) in [5, 5.41) is 12.6. The normalized spacial score (nSPS) is 18.8. The van der Waals surface area contributed by atoms with E-state index in [9.17, 15) is 0 Å². The van der Waals surface area contributed by atoms with E-state index < -0.39 is 0 Å². The summed E-state index contributed by atoms with van der Waals surface area (Å²) in [6.07, 6.45) is 26.6. The topological polar surface area (TPSA) is 416 Å². The van der Waals surface area contributed by atoms with Crippen LogP contribution in [0.5, 0.6) is 0 Å². The van der Waals surface area contributed by atoms with Gasteiger partial charge in [0, 0.05) is 136 Å². The molecule has 0 unspecified atom stereocenters. The zero-order chi connectivity index (χ0) is 89.3. The molecule has 31 nitrogen and oxygen atoms in total. The number of anilines is 6. The van der Waals surface area contributed by atoms with Gasteiger partial charge in [0.15, 0.2) is 0 Å². The summed E-state index contributed by atoms with van der Waals surface area (Å²) >= 11 is 25.8. The molecular weight excluding hydrogens is 1680 g/mol. The van der Waals surface area contributed by atoms with Crippen LogP contribution in [0.2, 0.25) is 20.1 Å². The Morgan fingerprint density at radius 1 is 0.354 bits per heavy atom. The zero-order valence-electron chi connectivity index (χ0n) is 74.1. The number of pyridine rings is 3. The first-order valence-corrected chi connectivity index (χ1v) is 45.3. The van der Waals surface area contributed by atoms with E-state index in [1.165, 1.54) is 0 Å². The van der Waals surface area contributed by atoms with Gasteiger partial charge in [-0.2, -0.15) is 5.10 Å². The van der Waals surface area contributed by atoms with Gasteiger partial charge < -0.3 is 58.5 Å².